The van der Waals surface area contributed by atoms with Crippen LogP contribution in [0.3, 0.4) is 0 Å². The van der Waals surface area contributed by atoms with Gasteiger partial charge in [-0.25, -0.2) is 0 Å². The fourth-order valence-electron chi connectivity index (χ4n) is 7.86. The number of hydrogen-bond acceptors (Lipinski definition) is 4. The summed E-state index contributed by atoms with van der Waals surface area (Å²) in [4.78, 5) is 25.5. The molecule has 0 unspecified atom stereocenters. The van der Waals surface area contributed by atoms with E-state index in [1.165, 1.54) is 33.4 Å². The van der Waals surface area contributed by atoms with Gasteiger partial charge in [0.1, 0.15) is 38.4 Å². The SMILES string of the molecule is CC.CC.CC.CC.CC.CC.C[N@@+]1(CCOC(=O)CCC(=O)OCC[N@+]2(C)CCc3ccccc3[C@H]2Cc2ccccc2)CCc2ccccc2[C@H]1Cc1ccccc1.[CH3-].[CH3-]. The van der Waals surface area contributed by atoms with Crippen molar-refractivity contribution in [2.24, 2.45) is 0 Å². The van der Waals surface area contributed by atoms with Gasteiger partial charge in [0.25, 0.3) is 0 Å². The number of esters is 2. The zero-order valence-corrected chi connectivity index (χ0v) is 42.6. The lowest BCUT2D eigenvalue weighted by Gasteiger charge is -2.45. The van der Waals surface area contributed by atoms with Crippen molar-refractivity contribution in [3.8, 4) is 0 Å². The van der Waals surface area contributed by atoms with E-state index in [9.17, 15) is 9.59 Å². The molecule has 62 heavy (non-hydrogen) atoms. The first kappa shape index (κ1) is 62.0. The van der Waals surface area contributed by atoms with Crippen LogP contribution in [0.4, 0.5) is 0 Å². The van der Waals surface area contributed by atoms with Crippen molar-refractivity contribution < 1.29 is 28.0 Å². The lowest BCUT2D eigenvalue weighted by atomic mass is 9.87. The molecule has 0 spiro atoms. The zero-order valence-electron chi connectivity index (χ0n) is 42.6. The Kier molecular flexibility index (Phi) is 36.3. The molecule has 6 heteroatoms. The molecular formula is C56H92N2O4. The predicted octanol–water partition coefficient (Wildman–Crippen LogP) is 13.9. The normalized spacial score (nSPS) is 18.4. The number of rotatable bonds is 13. The highest BCUT2D eigenvalue weighted by molar-refractivity contribution is 5.77. The molecule has 0 fully saturated rings. The van der Waals surface area contributed by atoms with Crippen molar-refractivity contribution in [1.82, 2.24) is 0 Å². The second kappa shape index (κ2) is 36.2. The highest BCUT2D eigenvalue weighted by Gasteiger charge is 2.40. The summed E-state index contributed by atoms with van der Waals surface area (Å²) >= 11 is 0. The second-order valence-corrected chi connectivity index (χ2v) is 14.1. The third kappa shape index (κ3) is 19.4. The van der Waals surface area contributed by atoms with Gasteiger partial charge in [0.15, 0.2) is 0 Å². The standard InChI is InChI=1S/C42H50N2O4.6C2H6.2CH3/c1-43(25-23-35-17-9-11-19-37(35)39(43)31-33-13-5-3-6-14-33)27-29-47-41(45)21-22-42(46)48-30-28-44(2)26-24-36-18-10-12-20-38(36)40(44)32-34-15-7-4-8-16-34;6*1-2;;/h3-20,39-40H,21-32H2,1-2H3;6*1-2H3;2*1H3/q+2;;;;;;;2*-1/t39-,40-,43+,44+;;;;;;;;/m1......../s1. The molecule has 0 radical (unpaired) electrons. The topological polar surface area (TPSA) is 52.6 Å². The van der Waals surface area contributed by atoms with Gasteiger partial charge in [-0.05, 0) is 22.3 Å². The maximum Gasteiger partial charge on any atom is 0.306 e. The maximum absolute atomic E-state index is 12.7. The Labute approximate surface area is 383 Å². The van der Waals surface area contributed by atoms with Gasteiger partial charge >= 0.3 is 11.9 Å². The first-order valence-electron chi connectivity index (χ1n) is 23.6. The lowest BCUT2D eigenvalue weighted by molar-refractivity contribution is -0.941. The molecule has 2 aliphatic heterocycles. The van der Waals surface area contributed by atoms with Gasteiger partial charge in [-0.1, -0.05) is 192 Å². The van der Waals surface area contributed by atoms with Crippen molar-refractivity contribution in [2.75, 3.05) is 53.5 Å². The van der Waals surface area contributed by atoms with Gasteiger partial charge < -0.3 is 33.3 Å². The minimum absolute atomic E-state index is 0. The van der Waals surface area contributed by atoms with E-state index >= 15 is 0 Å². The quantitative estimate of drug-likeness (QED) is 0.0764. The van der Waals surface area contributed by atoms with Crippen LogP contribution in [0.1, 0.15) is 141 Å². The van der Waals surface area contributed by atoms with Crippen molar-refractivity contribution in [1.29, 1.82) is 0 Å². The lowest BCUT2D eigenvalue weighted by Crippen LogP contribution is -2.53. The summed E-state index contributed by atoms with van der Waals surface area (Å²) < 4.78 is 13.0. The Bertz CT molecular complexity index is 1550. The molecule has 0 amide bonds. The minimum atomic E-state index is -0.342. The summed E-state index contributed by atoms with van der Waals surface area (Å²) in [7, 11) is 4.56. The molecule has 0 bridgehead atoms. The van der Waals surface area contributed by atoms with Gasteiger partial charge in [-0.3, -0.25) is 9.59 Å². The molecule has 2 heterocycles. The molecule has 2 aliphatic rings. The van der Waals surface area contributed by atoms with E-state index < -0.39 is 0 Å². The molecule has 350 valence electrons. The number of benzene rings is 4. The predicted molar refractivity (Wildman–Crippen MR) is 270 cm³/mol. The van der Waals surface area contributed by atoms with Gasteiger partial charge in [-0.15, -0.1) is 0 Å². The average molecular weight is 857 g/mol. The Morgan fingerprint density at radius 2 is 0.758 bits per heavy atom. The summed E-state index contributed by atoms with van der Waals surface area (Å²) in [5.41, 5.74) is 8.23. The van der Waals surface area contributed by atoms with E-state index in [1.807, 2.05) is 83.1 Å². The number of carbonyl (C=O) groups is 2. The zero-order chi connectivity index (χ0) is 45.4. The van der Waals surface area contributed by atoms with E-state index in [4.69, 9.17) is 9.47 Å². The number of quaternary nitrogens is 2. The molecule has 0 aromatic heterocycles. The smallest absolute Gasteiger partial charge is 0.306 e. The minimum Gasteiger partial charge on any atom is -0.460 e. The van der Waals surface area contributed by atoms with Crippen LogP contribution in [0, 0.1) is 14.9 Å². The summed E-state index contributed by atoms with van der Waals surface area (Å²) in [5.74, 6) is -0.685. The van der Waals surface area contributed by atoms with Gasteiger partial charge in [0, 0.05) is 36.8 Å². The Morgan fingerprint density at radius 3 is 1.08 bits per heavy atom. The number of hydrogen-bond donors (Lipinski definition) is 0. The molecule has 0 aliphatic carbocycles. The van der Waals surface area contributed by atoms with Crippen LogP contribution in [-0.2, 0) is 44.7 Å². The molecule has 4 atom stereocenters. The number of likely N-dealkylation sites (N-methyl/N-ethyl adjacent to an activating group) is 2. The van der Waals surface area contributed by atoms with Crippen molar-refractivity contribution >= 4 is 11.9 Å². The summed E-state index contributed by atoms with van der Waals surface area (Å²) in [6, 6.07) is 39.3. The highest BCUT2D eigenvalue weighted by atomic mass is 16.5. The van der Waals surface area contributed by atoms with Gasteiger partial charge in [0.05, 0.1) is 40.0 Å². The first-order chi connectivity index (χ1) is 29.3. The van der Waals surface area contributed by atoms with Crippen molar-refractivity contribution in [3.05, 3.63) is 157 Å². The fraction of sp³-hybridized carbons (Fsp3) is 0.500. The van der Waals surface area contributed by atoms with Crippen LogP contribution in [0.25, 0.3) is 0 Å². The number of fused-ring (bicyclic) bond motifs is 2. The molecule has 0 N–H and O–H groups in total. The Hall–Kier alpha value is -4.26. The highest BCUT2D eigenvalue weighted by Crippen LogP contribution is 2.38. The van der Waals surface area contributed by atoms with Crippen LogP contribution in [0.5, 0.6) is 0 Å². The van der Waals surface area contributed by atoms with Crippen molar-refractivity contribution in [2.45, 2.75) is 134 Å². The summed E-state index contributed by atoms with van der Waals surface area (Å²) in [6.45, 7) is 28.1. The molecule has 6 nitrogen and oxygen atoms in total. The van der Waals surface area contributed by atoms with E-state index in [0.717, 1.165) is 60.8 Å². The maximum atomic E-state index is 12.7. The molecule has 4 aromatic carbocycles. The first-order valence-corrected chi connectivity index (χ1v) is 23.6. The third-order valence-electron chi connectivity index (χ3n) is 10.9. The van der Waals surface area contributed by atoms with Crippen LogP contribution in [-0.4, -0.2) is 74.4 Å². The molecule has 4 aromatic rings. The monoisotopic (exact) mass is 857 g/mol. The van der Waals surface area contributed by atoms with E-state index in [1.54, 1.807) is 0 Å². The van der Waals surface area contributed by atoms with Crippen LogP contribution in [0.15, 0.2) is 109 Å². The van der Waals surface area contributed by atoms with Gasteiger partial charge in [0.2, 0.25) is 0 Å². The molecule has 6 rings (SSSR count). The van der Waals surface area contributed by atoms with Crippen LogP contribution in [0.2, 0.25) is 0 Å². The third-order valence-corrected chi connectivity index (χ3v) is 10.9. The number of ether oxygens (including phenoxy) is 2. The summed E-state index contributed by atoms with van der Waals surface area (Å²) in [6.07, 6.45) is 3.96. The average Bonchev–Trinajstić information content (AvgIpc) is 3.32. The Balaban J connectivity index is -0.00000229. The van der Waals surface area contributed by atoms with Gasteiger partial charge in [-0.2, -0.15) is 0 Å². The molecular weight excluding hydrogens is 765 g/mol. The van der Waals surface area contributed by atoms with E-state index in [0.29, 0.717) is 13.2 Å². The Morgan fingerprint density at radius 1 is 0.468 bits per heavy atom. The largest absolute Gasteiger partial charge is 0.460 e. The van der Waals surface area contributed by atoms with Crippen molar-refractivity contribution in [3.63, 3.8) is 0 Å². The number of nitrogens with zero attached hydrogens (tertiary/aromatic N) is 2. The van der Waals surface area contributed by atoms with Crippen LogP contribution < -0.4 is 0 Å². The fourth-order valence-corrected chi connectivity index (χ4v) is 7.86. The molecule has 0 saturated heterocycles. The molecule has 0 saturated carbocycles. The van der Waals surface area contributed by atoms with E-state index in [2.05, 4.69) is 123 Å². The van der Waals surface area contributed by atoms with Crippen LogP contribution >= 0.6 is 0 Å². The second-order valence-electron chi connectivity index (χ2n) is 14.1. The van der Waals surface area contributed by atoms with E-state index in [-0.39, 0.29) is 51.7 Å². The number of carbonyl (C=O) groups excluding carboxylic acids is 2. The summed E-state index contributed by atoms with van der Waals surface area (Å²) in [5, 5.41) is 0.